The smallest absolute Gasteiger partial charge is 0.226 e. The van der Waals surface area contributed by atoms with Gasteiger partial charge in [-0.1, -0.05) is 12.1 Å². The van der Waals surface area contributed by atoms with E-state index in [9.17, 15) is 9.18 Å². The van der Waals surface area contributed by atoms with Crippen LogP contribution in [0.5, 0.6) is 11.5 Å². The Morgan fingerprint density at radius 1 is 1.19 bits per heavy atom. The van der Waals surface area contributed by atoms with Crippen LogP contribution >= 0.6 is 0 Å². The Morgan fingerprint density at radius 2 is 2.04 bits per heavy atom. The van der Waals surface area contributed by atoms with Crippen molar-refractivity contribution in [3.05, 3.63) is 65.9 Å². The molecule has 1 N–H and O–H groups in total. The number of benzene rings is 2. The Labute approximate surface area is 155 Å². The van der Waals surface area contributed by atoms with Gasteiger partial charge in [0.25, 0.3) is 0 Å². The van der Waals surface area contributed by atoms with E-state index >= 15 is 0 Å². The molecule has 138 valence electrons. The average Bonchev–Trinajstić information content (AvgIpc) is 3.10. The van der Waals surface area contributed by atoms with Gasteiger partial charge in [-0.25, -0.2) is 9.37 Å². The summed E-state index contributed by atoms with van der Waals surface area (Å²) >= 11 is 0. The summed E-state index contributed by atoms with van der Waals surface area (Å²) in [6.07, 6.45) is 1.84. The second-order valence-corrected chi connectivity index (χ2v) is 6.24. The van der Waals surface area contributed by atoms with Crippen molar-refractivity contribution >= 4 is 11.7 Å². The van der Waals surface area contributed by atoms with Crippen LogP contribution < -0.4 is 14.8 Å². The van der Waals surface area contributed by atoms with Gasteiger partial charge in [0.1, 0.15) is 29.5 Å². The minimum atomic E-state index is -0.356. The maximum Gasteiger partial charge on any atom is 0.226 e. The van der Waals surface area contributed by atoms with Crippen molar-refractivity contribution in [3.8, 4) is 17.2 Å². The van der Waals surface area contributed by atoms with Crippen LogP contribution in [0.3, 0.4) is 0 Å². The first-order chi connectivity index (χ1) is 13.1. The second-order valence-electron chi connectivity index (χ2n) is 6.24. The van der Waals surface area contributed by atoms with Crippen molar-refractivity contribution < 1.29 is 18.7 Å². The Balaban J connectivity index is 1.82. The fraction of sp³-hybridized carbons (Fsp3) is 0.200. The number of fused-ring (bicyclic) bond motifs is 1. The molecule has 7 heteroatoms. The minimum Gasteiger partial charge on any atom is -0.497 e. The lowest BCUT2D eigenvalue weighted by Gasteiger charge is -2.25. The van der Waals surface area contributed by atoms with E-state index < -0.39 is 0 Å². The number of methoxy groups -OCH3 is 2. The molecule has 27 heavy (non-hydrogen) atoms. The Kier molecular flexibility index (Phi) is 4.27. The summed E-state index contributed by atoms with van der Waals surface area (Å²) in [4.78, 5) is 16.9. The first kappa shape index (κ1) is 17.1. The van der Waals surface area contributed by atoms with E-state index in [0.29, 0.717) is 28.7 Å². The van der Waals surface area contributed by atoms with Gasteiger partial charge < -0.3 is 14.8 Å². The van der Waals surface area contributed by atoms with E-state index in [1.54, 1.807) is 43.3 Å². The molecule has 0 saturated carbocycles. The number of hydrogen-bond donors (Lipinski definition) is 1. The highest BCUT2D eigenvalue weighted by Gasteiger charge is 2.32. The SMILES string of the molecule is COc1ccc([C@@H]2CC(=O)Nc3c2ncn3-c2cccc(F)c2)c(OC)c1. The van der Waals surface area contributed by atoms with E-state index in [1.165, 1.54) is 12.1 Å². The summed E-state index contributed by atoms with van der Waals surface area (Å²) in [6, 6.07) is 11.6. The maximum atomic E-state index is 13.6. The molecule has 1 aromatic heterocycles. The molecule has 3 aromatic rings. The Morgan fingerprint density at radius 3 is 2.78 bits per heavy atom. The highest BCUT2D eigenvalue weighted by atomic mass is 19.1. The first-order valence-electron chi connectivity index (χ1n) is 8.45. The van der Waals surface area contributed by atoms with E-state index in [2.05, 4.69) is 10.3 Å². The van der Waals surface area contributed by atoms with Crippen molar-refractivity contribution in [2.45, 2.75) is 12.3 Å². The number of halogens is 1. The van der Waals surface area contributed by atoms with E-state index in [1.807, 2.05) is 12.1 Å². The summed E-state index contributed by atoms with van der Waals surface area (Å²) in [6.45, 7) is 0. The molecule has 0 radical (unpaired) electrons. The summed E-state index contributed by atoms with van der Waals surface area (Å²) in [7, 11) is 3.16. The lowest BCUT2D eigenvalue weighted by molar-refractivity contribution is -0.116. The molecule has 0 bridgehead atoms. The van der Waals surface area contributed by atoms with Crippen LogP contribution in [-0.2, 0) is 4.79 Å². The first-order valence-corrected chi connectivity index (χ1v) is 8.45. The van der Waals surface area contributed by atoms with Crippen LogP contribution in [0.25, 0.3) is 5.69 Å². The number of imidazole rings is 1. The molecule has 1 aliphatic rings. The number of rotatable bonds is 4. The molecule has 1 atom stereocenters. The Bertz CT molecular complexity index is 1020. The van der Waals surface area contributed by atoms with E-state index in [-0.39, 0.29) is 24.1 Å². The summed E-state index contributed by atoms with van der Waals surface area (Å²) in [5.41, 5.74) is 2.15. The predicted octanol–water partition coefficient (Wildman–Crippen LogP) is 3.50. The second kappa shape index (κ2) is 6.75. The van der Waals surface area contributed by atoms with Crippen LogP contribution in [0.4, 0.5) is 10.2 Å². The van der Waals surface area contributed by atoms with Crippen molar-refractivity contribution in [1.82, 2.24) is 9.55 Å². The van der Waals surface area contributed by atoms with Gasteiger partial charge in [0.2, 0.25) is 5.91 Å². The van der Waals surface area contributed by atoms with Gasteiger partial charge in [-0.3, -0.25) is 9.36 Å². The van der Waals surface area contributed by atoms with Gasteiger partial charge >= 0.3 is 0 Å². The summed E-state index contributed by atoms with van der Waals surface area (Å²) in [5.74, 6) is 1.07. The van der Waals surface area contributed by atoms with Crippen LogP contribution in [0, 0.1) is 5.82 Å². The molecule has 2 heterocycles. The number of nitrogens with zero attached hydrogens (tertiary/aromatic N) is 2. The quantitative estimate of drug-likeness (QED) is 0.766. The van der Waals surface area contributed by atoms with Gasteiger partial charge in [-0.15, -0.1) is 0 Å². The fourth-order valence-corrected chi connectivity index (χ4v) is 3.39. The van der Waals surface area contributed by atoms with Crippen molar-refractivity contribution in [1.29, 1.82) is 0 Å². The molecular weight excluding hydrogens is 349 g/mol. The van der Waals surface area contributed by atoms with Gasteiger partial charge in [0, 0.05) is 24.0 Å². The number of amides is 1. The molecular formula is C20H18FN3O3. The molecule has 1 amide bonds. The highest BCUT2D eigenvalue weighted by Crippen LogP contribution is 2.41. The monoisotopic (exact) mass is 367 g/mol. The predicted molar refractivity (Wildman–Crippen MR) is 98.2 cm³/mol. The molecule has 0 fully saturated rings. The van der Waals surface area contributed by atoms with Gasteiger partial charge in [-0.05, 0) is 24.3 Å². The third kappa shape index (κ3) is 3.01. The third-order valence-electron chi connectivity index (χ3n) is 4.68. The number of hydrogen-bond acceptors (Lipinski definition) is 4. The van der Waals surface area contributed by atoms with Crippen LogP contribution in [0.1, 0.15) is 23.6 Å². The number of aromatic nitrogens is 2. The topological polar surface area (TPSA) is 65.4 Å². The van der Waals surface area contributed by atoms with Gasteiger partial charge in [-0.2, -0.15) is 0 Å². The molecule has 0 unspecified atom stereocenters. The van der Waals surface area contributed by atoms with Crippen molar-refractivity contribution in [2.24, 2.45) is 0 Å². The van der Waals surface area contributed by atoms with E-state index in [0.717, 1.165) is 5.56 Å². The fourth-order valence-electron chi connectivity index (χ4n) is 3.39. The third-order valence-corrected chi connectivity index (χ3v) is 4.68. The molecule has 0 saturated heterocycles. The normalized spacial score (nSPS) is 15.8. The summed E-state index contributed by atoms with van der Waals surface area (Å²) < 4.78 is 26.1. The lowest BCUT2D eigenvalue weighted by Crippen LogP contribution is -2.25. The molecule has 6 nitrogen and oxygen atoms in total. The minimum absolute atomic E-state index is 0.136. The molecule has 4 rings (SSSR count). The van der Waals surface area contributed by atoms with Crippen molar-refractivity contribution in [3.63, 3.8) is 0 Å². The molecule has 1 aliphatic heterocycles. The Hall–Kier alpha value is -3.35. The highest BCUT2D eigenvalue weighted by molar-refractivity contribution is 5.94. The molecule has 0 spiro atoms. The lowest BCUT2D eigenvalue weighted by atomic mass is 9.89. The molecule has 2 aromatic carbocycles. The summed E-state index contributed by atoms with van der Waals surface area (Å²) in [5, 5.41) is 2.86. The number of carbonyl (C=O) groups is 1. The number of carbonyl (C=O) groups excluding carboxylic acids is 1. The number of anilines is 1. The maximum absolute atomic E-state index is 13.6. The number of nitrogens with one attached hydrogen (secondary N) is 1. The van der Waals surface area contributed by atoms with Crippen LogP contribution in [0.15, 0.2) is 48.8 Å². The average molecular weight is 367 g/mol. The van der Waals surface area contributed by atoms with E-state index in [4.69, 9.17) is 9.47 Å². The largest absolute Gasteiger partial charge is 0.497 e. The standard InChI is InChI=1S/C20H18FN3O3/c1-26-14-6-7-15(17(9-14)27-2)16-10-18(25)23-20-19(16)22-11-24(20)13-5-3-4-12(21)8-13/h3-9,11,16H,10H2,1-2H3,(H,23,25)/t16-/m0/s1. The van der Waals surface area contributed by atoms with Crippen LogP contribution in [-0.4, -0.2) is 29.7 Å². The number of ether oxygens (including phenoxy) is 2. The van der Waals surface area contributed by atoms with Gasteiger partial charge in [0.05, 0.1) is 25.6 Å². The van der Waals surface area contributed by atoms with Gasteiger partial charge in [0.15, 0.2) is 0 Å². The zero-order valence-corrected chi connectivity index (χ0v) is 14.9. The zero-order chi connectivity index (χ0) is 19.0. The van der Waals surface area contributed by atoms with Crippen LogP contribution in [0.2, 0.25) is 0 Å². The van der Waals surface area contributed by atoms with Crippen molar-refractivity contribution in [2.75, 3.05) is 19.5 Å². The molecule has 0 aliphatic carbocycles. The zero-order valence-electron chi connectivity index (χ0n) is 14.9.